The van der Waals surface area contributed by atoms with Crippen molar-refractivity contribution in [3.63, 3.8) is 0 Å². The van der Waals surface area contributed by atoms with E-state index in [-0.39, 0.29) is 5.92 Å². The Morgan fingerprint density at radius 1 is 1.00 bits per heavy atom. The lowest BCUT2D eigenvalue weighted by Gasteiger charge is -2.10. The van der Waals surface area contributed by atoms with Gasteiger partial charge in [0.15, 0.2) is 0 Å². The van der Waals surface area contributed by atoms with Crippen LogP contribution in [0.2, 0.25) is 0 Å². The molecular weight excluding hydrogens is 304 g/mol. The highest BCUT2D eigenvalue weighted by atomic mass is 79.9. The SMILES string of the molecule is Cc1cc(C)cc(Oc2cc(Br)nc(C(C)C)n2)c1. The number of ether oxygens (including phenoxy) is 1. The van der Waals surface area contributed by atoms with Crippen LogP contribution in [0.5, 0.6) is 11.6 Å². The van der Waals surface area contributed by atoms with Crippen molar-refractivity contribution in [2.24, 2.45) is 0 Å². The zero-order valence-corrected chi connectivity index (χ0v) is 13.2. The maximum absolute atomic E-state index is 5.83. The molecule has 3 nitrogen and oxygen atoms in total. The van der Waals surface area contributed by atoms with Crippen LogP contribution in [-0.4, -0.2) is 9.97 Å². The van der Waals surface area contributed by atoms with Crippen molar-refractivity contribution < 1.29 is 4.74 Å². The molecule has 1 heterocycles. The van der Waals surface area contributed by atoms with Gasteiger partial charge in [-0.05, 0) is 53.0 Å². The number of rotatable bonds is 3. The molecule has 0 unspecified atom stereocenters. The Hall–Kier alpha value is -1.42. The number of hydrogen-bond donors (Lipinski definition) is 0. The van der Waals surface area contributed by atoms with Crippen molar-refractivity contribution in [3.8, 4) is 11.6 Å². The molecule has 0 amide bonds. The molecule has 4 heteroatoms. The van der Waals surface area contributed by atoms with Crippen LogP contribution in [0.1, 0.15) is 36.7 Å². The van der Waals surface area contributed by atoms with Crippen molar-refractivity contribution in [2.75, 3.05) is 0 Å². The highest BCUT2D eigenvalue weighted by Crippen LogP contribution is 2.25. The molecule has 1 aromatic carbocycles. The maximum atomic E-state index is 5.83. The maximum Gasteiger partial charge on any atom is 0.223 e. The largest absolute Gasteiger partial charge is 0.439 e. The van der Waals surface area contributed by atoms with Gasteiger partial charge in [0.25, 0.3) is 0 Å². The molecule has 0 atom stereocenters. The summed E-state index contributed by atoms with van der Waals surface area (Å²) < 4.78 is 6.57. The van der Waals surface area contributed by atoms with E-state index in [2.05, 4.69) is 59.7 Å². The zero-order valence-electron chi connectivity index (χ0n) is 11.6. The Kier molecular flexibility index (Phi) is 4.20. The third-order valence-electron chi connectivity index (χ3n) is 2.62. The first kappa shape index (κ1) is 14.0. The summed E-state index contributed by atoms with van der Waals surface area (Å²) in [6.45, 7) is 8.22. The molecule has 0 aliphatic carbocycles. The third-order valence-corrected chi connectivity index (χ3v) is 3.03. The van der Waals surface area contributed by atoms with Gasteiger partial charge in [0.1, 0.15) is 16.2 Å². The standard InChI is InChI=1S/C15H17BrN2O/c1-9(2)15-17-13(16)8-14(18-15)19-12-6-10(3)5-11(4)7-12/h5-9H,1-4H3. The highest BCUT2D eigenvalue weighted by molar-refractivity contribution is 9.10. The Morgan fingerprint density at radius 2 is 1.63 bits per heavy atom. The van der Waals surface area contributed by atoms with E-state index < -0.39 is 0 Å². The second kappa shape index (κ2) is 5.70. The van der Waals surface area contributed by atoms with Crippen LogP contribution in [-0.2, 0) is 0 Å². The second-order valence-electron chi connectivity index (χ2n) is 4.97. The second-order valence-corrected chi connectivity index (χ2v) is 5.78. The van der Waals surface area contributed by atoms with Crippen molar-refractivity contribution in [3.05, 3.63) is 45.8 Å². The van der Waals surface area contributed by atoms with Gasteiger partial charge in [0, 0.05) is 12.0 Å². The van der Waals surface area contributed by atoms with Gasteiger partial charge >= 0.3 is 0 Å². The minimum atomic E-state index is 0.263. The molecule has 0 saturated carbocycles. The summed E-state index contributed by atoms with van der Waals surface area (Å²) in [4.78, 5) is 8.76. The molecule has 0 aliphatic rings. The molecule has 0 aliphatic heterocycles. The van der Waals surface area contributed by atoms with E-state index in [1.165, 1.54) is 11.1 Å². The molecule has 0 spiro atoms. The van der Waals surface area contributed by atoms with E-state index in [1.54, 1.807) is 6.07 Å². The predicted molar refractivity (Wildman–Crippen MR) is 79.8 cm³/mol. The van der Waals surface area contributed by atoms with E-state index in [9.17, 15) is 0 Å². The number of aromatic nitrogens is 2. The monoisotopic (exact) mass is 320 g/mol. The van der Waals surface area contributed by atoms with Crippen molar-refractivity contribution in [1.82, 2.24) is 9.97 Å². The molecule has 2 rings (SSSR count). The van der Waals surface area contributed by atoms with E-state index in [4.69, 9.17) is 4.74 Å². The lowest BCUT2D eigenvalue weighted by atomic mass is 10.1. The van der Waals surface area contributed by atoms with Gasteiger partial charge in [0.2, 0.25) is 5.88 Å². The van der Waals surface area contributed by atoms with Crippen LogP contribution in [0.3, 0.4) is 0 Å². The van der Waals surface area contributed by atoms with E-state index in [1.807, 2.05) is 12.1 Å². The Labute approximate surface area is 122 Å². The summed E-state index contributed by atoms with van der Waals surface area (Å²) in [7, 11) is 0. The Balaban J connectivity index is 2.32. The predicted octanol–water partition coefficient (Wildman–Crippen LogP) is 4.77. The summed E-state index contributed by atoms with van der Waals surface area (Å²) in [6.07, 6.45) is 0. The van der Waals surface area contributed by atoms with Gasteiger partial charge in [0.05, 0.1) is 0 Å². The topological polar surface area (TPSA) is 35.0 Å². The third kappa shape index (κ3) is 3.77. The molecule has 0 bridgehead atoms. The fourth-order valence-corrected chi connectivity index (χ4v) is 2.21. The van der Waals surface area contributed by atoms with Crippen molar-refractivity contribution >= 4 is 15.9 Å². The minimum Gasteiger partial charge on any atom is -0.439 e. The highest BCUT2D eigenvalue weighted by Gasteiger charge is 2.08. The minimum absolute atomic E-state index is 0.263. The molecule has 100 valence electrons. The van der Waals surface area contributed by atoms with Crippen LogP contribution in [0.25, 0.3) is 0 Å². The number of hydrogen-bond acceptors (Lipinski definition) is 3. The molecule has 19 heavy (non-hydrogen) atoms. The van der Waals surface area contributed by atoms with Gasteiger partial charge < -0.3 is 4.74 Å². The van der Waals surface area contributed by atoms with Crippen LogP contribution in [0.4, 0.5) is 0 Å². The number of benzene rings is 1. The average molecular weight is 321 g/mol. The lowest BCUT2D eigenvalue weighted by Crippen LogP contribution is -2.00. The van der Waals surface area contributed by atoms with Crippen LogP contribution in [0, 0.1) is 13.8 Å². The summed E-state index contributed by atoms with van der Waals surface area (Å²) in [5, 5.41) is 0. The Bertz CT molecular complexity index is 576. The number of aryl methyl sites for hydroxylation is 2. The van der Waals surface area contributed by atoms with Crippen LogP contribution in [0.15, 0.2) is 28.9 Å². The molecular formula is C15H17BrN2O. The van der Waals surface area contributed by atoms with Crippen molar-refractivity contribution in [2.45, 2.75) is 33.6 Å². The summed E-state index contributed by atoms with van der Waals surface area (Å²) in [6, 6.07) is 7.89. The van der Waals surface area contributed by atoms with E-state index >= 15 is 0 Å². The summed E-state index contributed by atoms with van der Waals surface area (Å²) >= 11 is 3.39. The molecule has 0 saturated heterocycles. The first-order valence-corrected chi connectivity index (χ1v) is 7.04. The quantitative estimate of drug-likeness (QED) is 0.764. The molecule has 1 aromatic heterocycles. The normalized spacial score (nSPS) is 10.8. The summed E-state index contributed by atoms with van der Waals surface area (Å²) in [5.74, 6) is 2.40. The van der Waals surface area contributed by atoms with Gasteiger partial charge in [-0.2, -0.15) is 4.98 Å². The molecule has 2 aromatic rings. The van der Waals surface area contributed by atoms with E-state index in [0.29, 0.717) is 5.88 Å². The van der Waals surface area contributed by atoms with E-state index in [0.717, 1.165) is 16.2 Å². The lowest BCUT2D eigenvalue weighted by molar-refractivity contribution is 0.455. The Morgan fingerprint density at radius 3 is 2.21 bits per heavy atom. The van der Waals surface area contributed by atoms with Crippen molar-refractivity contribution in [1.29, 1.82) is 0 Å². The van der Waals surface area contributed by atoms with Gasteiger partial charge in [-0.1, -0.05) is 19.9 Å². The molecule has 0 fully saturated rings. The first-order chi connectivity index (χ1) is 8.94. The average Bonchev–Trinajstić information content (AvgIpc) is 2.26. The number of nitrogens with zero attached hydrogens (tertiary/aromatic N) is 2. The van der Waals surface area contributed by atoms with Gasteiger partial charge in [-0.25, -0.2) is 4.98 Å². The number of halogens is 1. The van der Waals surface area contributed by atoms with Gasteiger partial charge in [-0.15, -0.1) is 0 Å². The fourth-order valence-electron chi connectivity index (χ4n) is 1.84. The van der Waals surface area contributed by atoms with Crippen LogP contribution >= 0.6 is 15.9 Å². The fraction of sp³-hybridized carbons (Fsp3) is 0.333. The first-order valence-electron chi connectivity index (χ1n) is 6.24. The smallest absolute Gasteiger partial charge is 0.223 e. The molecule has 0 radical (unpaired) electrons. The van der Waals surface area contributed by atoms with Crippen LogP contribution < -0.4 is 4.74 Å². The van der Waals surface area contributed by atoms with Gasteiger partial charge in [-0.3, -0.25) is 0 Å². The molecule has 0 N–H and O–H groups in total. The summed E-state index contributed by atoms with van der Waals surface area (Å²) in [5.41, 5.74) is 2.35. The zero-order chi connectivity index (χ0) is 14.0.